The standard InChI is InChI=1S/C12H16N2OS/c15-12(11-2-1-9-16-11)14-7-5-13(6-8-14)10-3-4-10/h1-2,9-10H,3-8H2. The molecule has 0 radical (unpaired) electrons. The minimum absolute atomic E-state index is 0.213. The molecule has 1 saturated heterocycles. The highest BCUT2D eigenvalue weighted by atomic mass is 32.1. The van der Waals surface area contributed by atoms with Crippen molar-refractivity contribution in [1.82, 2.24) is 9.80 Å². The summed E-state index contributed by atoms with van der Waals surface area (Å²) in [6.45, 7) is 3.91. The molecule has 1 saturated carbocycles. The van der Waals surface area contributed by atoms with E-state index in [1.165, 1.54) is 24.2 Å². The van der Waals surface area contributed by atoms with Gasteiger partial charge in [0.2, 0.25) is 0 Å². The molecular weight excluding hydrogens is 220 g/mol. The molecule has 1 amide bonds. The molecule has 1 aliphatic heterocycles. The van der Waals surface area contributed by atoms with Crippen LogP contribution in [0.25, 0.3) is 0 Å². The van der Waals surface area contributed by atoms with Gasteiger partial charge in [-0.25, -0.2) is 0 Å². The highest BCUT2D eigenvalue weighted by Gasteiger charge is 2.32. The van der Waals surface area contributed by atoms with Gasteiger partial charge in [0.25, 0.3) is 5.91 Å². The number of carbonyl (C=O) groups excluding carboxylic acids is 1. The minimum atomic E-state index is 0.213. The molecule has 16 heavy (non-hydrogen) atoms. The first kappa shape index (κ1) is 10.3. The Hall–Kier alpha value is -0.870. The van der Waals surface area contributed by atoms with Crippen LogP contribution >= 0.6 is 11.3 Å². The molecule has 2 aliphatic rings. The van der Waals surface area contributed by atoms with Crippen LogP contribution in [0.2, 0.25) is 0 Å². The summed E-state index contributed by atoms with van der Waals surface area (Å²) in [4.78, 5) is 17.5. The first-order valence-electron chi connectivity index (χ1n) is 5.91. The Labute approximate surface area is 99.7 Å². The second-order valence-corrected chi connectivity index (χ2v) is 5.48. The molecule has 2 heterocycles. The van der Waals surface area contributed by atoms with E-state index in [9.17, 15) is 4.79 Å². The molecule has 0 unspecified atom stereocenters. The fraction of sp³-hybridized carbons (Fsp3) is 0.583. The zero-order valence-corrected chi connectivity index (χ0v) is 10.1. The molecule has 3 nitrogen and oxygen atoms in total. The normalized spacial score (nSPS) is 22.4. The lowest BCUT2D eigenvalue weighted by Crippen LogP contribution is -2.49. The van der Waals surface area contributed by atoms with Gasteiger partial charge in [0, 0.05) is 32.2 Å². The monoisotopic (exact) mass is 236 g/mol. The lowest BCUT2D eigenvalue weighted by Gasteiger charge is -2.34. The smallest absolute Gasteiger partial charge is 0.264 e. The summed E-state index contributed by atoms with van der Waals surface area (Å²) >= 11 is 1.54. The molecule has 0 bridgehead atoms. The number of amides is 1. The third-order valence-corrected chi connectivity index (χ3v) is 4.25. The molecule has 1 aromatic rings. The quantitative estimate of drug-likeness (QED) is 0.780. The largest absolute Gasteiger partial charge is 0.335 e. The van der Waals surface area contributed by atoms with Crippen LogP contribution in [0.4, 0.5) is 0 Å². The molecule has 86 valence electrons. The number of carbonyl (C=O) groups is 1. The maximum absolute atomic E-state index is 12.1. The van der Waals surface area contributed by atoms with E-state index in [2.05, 4.69) is 4.90 Å². The van der Waals surface area contributed by atoms with Gasteiger partial charge in [0.1, 0.15) is 0 Å². The van der Waals surface area contributed by atoms with Gasteiger partial charge >= 0.3 is 0 Å². The molecular formula is C12H16N2OS. The van der Waals surface area contributed by atoms with E-state index in [0.29, 0.717) is 0 Å². The fourth-order valence-corrected chi connectivity index (χ4v) is 2.98. The molecule has 3 rings (SSSR count). The first-order valence-corrected chi connectivity index (χ1v) is 6.79. The Bertz CT molecular complexity index is 364. The zero-order valence-electron chi connectivity index (χ0n) is 9.26. The van der Waals surface area contributed by atoms with Crippen molar-refractivity contribution in [2.75, 3.05) is 26.2 Å². The van der Waals surface area contributed by atoms with Gasteiger partial charge in [-0.2, -0.15) is 0 Å². The van der Waals surface area contributed by atoms with E-state index in [1.807, 2.05) is 22.4 Å². The summed E-state index contributed by atoms with van der Waals surface area (Å²) in [5.41, 5.74) is 0. The summed E-state index contributed by atoms with van der Waals surface area (Å²) in [6, 6.07) is 4.69. The maximum Gasteiger partial charge on any atom is 0.264 e. The van der Waals surface area contributed by atoms with E-state index in [-0.39, 0.29) is 5.91 Å². The van der Waals surface area contributed by atoms with Crippen molar-refractivity contribution in [2.45, 2.75) is 18.9 Å². The van der Waals surface area contributed by atoms with Crippen molar-refractivity contribution >= 4 is 17.2 Å². The second-order valence-electron chi connectivity index (χ2n) is 4.54. The van der Waals surface area contributed by atoms with Gasteiger partial charge in [0.05, 0.1) is 4.88 Å². The zero-order chi connectivity index (χ0) is 11.0. The third kappa shape index (κ3) is 1.99. The Kier molecular flexibility index (Phi) is 2.69. The van der Waals surface area contributed by atoms with Crippen LogP contribution in [0.1, 0.15) is 22.5 Å². The van der Waals surface area contributed by atoms with Gasteiger partial charge in [-0.1, -0.05) is 6.07 Å². The number of nitrogens with zero attached hydrogens (tertiary/aromatic N) is 2. The van der Waals surface area contributed by atoms with Crippen LogP contribution < -0.4 is 0 Å². The molecule has 2 fully saturated rings. The Morgan fingerprint density at radius 3 is 2.56 bits per heavy atom. The summed E-state index contributed by atoms with van der Waals surface area (Å²) in [6.07, 6.45) is 2.72. The molecule has 1 aliphatic carbocycles. The highest BCUT2D eigenvalue weighted by Crippen LogP contribution is 2.27. The molecule has 0 N–H and O–H groups in total. The van der Waals surface area contributed by atoms with Crippen LogP contribution in [0.5, 0.6) is 0 Å². The van der Waals surface area contributed by atoms with Crippen LogP contribution in [-0.4, -0.2) is 47.9 Å². The van der Waals surface area contributed by atoms with Crippen LogP contribution in [-0.2, 0) is 0 Å². The SMILES string of the molecule is O=C(c1cccs1)N1CCN(C2CC2)CC1. The number of hydrogen-bond donors (Lipinski definition) is 0. The van der Waals surface area contributed by atoms with Crippen LogP contribution in [0.3, 0.4) is 0 Å². The van der Waals surface area contributed by atoms with Crippen LogP contribution in [0.15, 0.2) is 17.5 Å². The lowest BCUT2D eigenvalue weighted by molar-refractivity contribution is 0.0632. The third-order valence-electron chi connectivity index (χ3n) is 3.40. The number of rotatable bonds is 2. The van der Waals surface area contributed by atoms with Gasteiger partial charge in [-0.15, -0.1) is 11.3 Å². The highest BCUT2D eigenvalue weighted by molar-refractivity contribution is 7.12. The summed E-state index contributed by atoms with van der Waals surface area (Å²) in [5.74, 6) is 0.213. The first-order chi connectivity index (χ1) is 7.84. The lowest BCUT2D eigenvalue weighted by atomic mass is 10.3. The number of thiophene rings is 1. The minimum Gasteiger partial charge on any atom is -0.335 e. The van der Waals surface area contributed by atoms with E-state index in [0.717, 1.165) is 37.1 Å². The Morgan fingerprint density at radius 2 is 2.00 bits per heavy atom. The van der Waals surface area contributed by atoms with Crippen molar-refractivity contribution in [3.05, 3.63) is 22.4 Å². The van der Waals surface area contributed by atoms with Crippen molar-refractivity contribution in [3.63, 3.8) is 0 Å². The van der Waals surface area contributed by atoms with E-state index in [4.69, 9.17) is 0 Å². The topological polar surface area (TPSA) is 23.6 Å². The van der Waals surface area contributed by atoms with Crippen molar-refractivity contribution in [3.8, 4) is 0 Å². The molecule has 0 aromatic carbocycles. The number of hydrogen-bond acceptors (Lipinski definition) is 3. The number of piperazine rings is 1. The Morgan fingerprint density at radius 1 is 1.25 bits per heavy atom. The predicted octanol–water partition coefficient (Wildman–Crippen LogP) is 1.67. The van der Waals surface area contributed by atoms with Crippen molar-refractivity contribution < 1.29 is 4.79 Å². The van der Waals surface area contributed by atoms with Crippen LogP contribution in [0, 0.1) is 0 Å². The van der Waals surface area contributed by atoms with E-state index in [1.54, 1.807) is 0 Å². The van der Waals surface area contributed by atoms with Gasteiger partial charge in [0.15, 0.2) is 0 Å². The molecule has 1 aromatic heterocycles. The fourth-order valence-electron chi connectivity index (χ4n) is 2.29. The van der Waals surface area contributed by atoms with E-state index < -0.39 is 0 Å². The average molecular weight is 236 g/mol. The average Bonchev–Trinajstić information content (AvgIpc) is 3.04. The molecule has 0 spiro atoms. The Balaban J connectivity index is 1.59. The second kappa shape index (κ2) is 4.18. The van der Waals surface area contributed by atoms with Gasteiger partial charge in [-0.3, -0.25) is 9.69 Å². The maximum atomic E-state index is 12.1. The molecule has 0 atom stereocenters. The predicted molar refractivity (Wildman–Crippen MR) is 64.8 cm³/mol. The molecule has 4 heteroatoms. The van der Waals surface area contributed by atoms with E-state index >= 15 is 0 Å². The van der Waals surface area contributed by atoms with Gasteiger partial charge in [-0.05, 0) is 24.3 Å². The van der Waals surface area contributed by atoms with Gasteiger partial charge < -0.3 is 4.90 Å². The summed E-state index contributed by atoms with van der Waals surface area (Å²) < 4.78 is 0. The van der Waals surface area contributed by atoms with Crippen molar-refractivity contribution in [2.24, 2.45) is 0 Å². The summed E-state index contributed by atoms with van der Waals surface area (Å²) in [7, 11) is 0. The summed E-state index contributed by atoms with van der Waals surface area (Å²) in [5, 5.41) is 1.97. The van der Waals surface area contributed by atoms with Crippen molar-refractivity contribution in [1.29, 1.82) is 0 Å².